The standard InChI is InChI=1S/C26H25FN4O2/c1-16-12-19(17-5-8-21(33-2)9-6-17)13-23(28-16)18-4-3-11-31(15-18)26(32)25-29-22-10-7-20(27)14-24(22)30-25/h5-10,12-14,18H,3-4,11,15H2,1-2H3,(H,29,30)/t18-/m0/s1. The summed E-state index contributed by atoms with van der Waals surface area (Å²) < 4.78 is 18.8. The lowest BCUT2D eigenvalue weighted by molar-refractivity contribution is 0.0695. The zero-order valence-electron chi connectivity index (χ0n) is 18.6. The van der Waals surface area contributed by atoms with Gasteiger partial charge in [0.25, 0.3) is 5.91 Å². The van der Waals surface area contributed by atoms with Gasteiger partial charge < -0.3 is 14.6 Å². The highest BCUT2D eigenvalue weighted by molar-refractivity contribution is 5.94. The lowest BCUT2D eigenvalue weighted by Crippen LogP contribution is -2.39. The predicted octanol–water partition coefficient (Wildman–Crippen LogP) is 5.10. The summed E-state index contributed by atoms with van der Waals surface area (Å²) in [7, 11) is 1.66. The number of carbonyl (C=O) groups excluding carboxylic acids is 1. The summed E-state index contributed by atoms with van der Waals surface area (Å²) >= 11 is 0. The number of aromatic nitrogens is 3. The molecule has 5 rings (SSSR count). The molecule has 2 aromatic carbocycles. The van der Waals surface area contributed by atoms with Crippen molar-refractivity contribution in [3.05, 3.63) is 77.6 Å². The number of halogens is 1. The van der Waals surface area contributed by atoms with E-state index in [4.69, 9.17) is 9.72 Å². The zero-order valence-corrected chi connectivity index (χ0v) is 18.6. The molecule has 3 heterocycles. The first-order valence-electron chi connectivity index (χ1n) is 11.1. The zero-order chi connectivity index (χ0) is 22.9. The molecule has 1 saturated heterocycles. The molecule has 1 amide bonds. The van der Waals surface area contributed by atoms with Crippen molar-refractivity contribution in [3.63, 3.8) is 0 Å². The predicted molar refractivity (Wildman–Crippen MR) is 125 cm³/mol. The van der Waals surface area contributed by atoms with Gasteiger partial charge in [-0.05, 0) is 73.4 Å². The van der Waals surface area contributed by atoms with Crippen LogP contribution in [0.4, 0.5) is 4.39 Å². The summed E-state index contributed by atoms with van der Waals surface area (Å²) in [6, 6.07) is 16.5. The Labute approximate surface area is 191 Å². The van der Waals surface area contributed by atoms with Crippen LogP contribution in [0, 0.1) is 12.7 Å². The number of fused-ring (bicyclic) bond motifs is 1. The Kier molecular flexibility index (Phi) is 5.54. The summed E-state index contributed by atoms with van der Waals surface area (Å²) in [5, 5.41) is 0. The van der Waals surface area contributed by atoms with Gasteiger partial charge >= 0.3 is 0 Å². The fourth-order valence-electron chi connectivity index (χ4n) is 4.49. The van der Waals surface area contributed by atoms with Crippen LogP contribution in [0.15, 0.2) is 54.6 Å². The molecule has 0 saturated carbocycles. The van der Waals surface area contributed by atoms with Crippen LogP contribution in [0.2, 0.25) is 0 Å². The maximum atomic E-state index is 13.5. The minimum absolute atomic E-state index is 0.140. The number of pyridine rings is 1. The normalized spacial score (nSPS) is 16.2. The molecule has 1 atom stereocenters. The summed E-state index contributed by atoms with van der Waals surface area (Å²) in [4.78, 5) is 27.1. The molecule has 4 aromatic rings. The Hall–Kier alpha value is -3.74. The molecule has 0 spiro atoms. The number of amides is 1. The van der Waals surface area contributed by atoms with Crippen molar-refractivity contribution < 1.29 is 13.9 Å². The van der Waals surface area contributed by atoms with E-state index in [1.807, 2.05) is 36.1 Å². The number of aryl methyl sites for hydroxylation is 1. The maximum absolute atomic E-state index is 13.5. The number of imidazole rings is 1. The number of likely N-dealkylation sites (tertiary alicyclic amines) is 1. The molecule has 1 aliphatic heterocycles. The molecule has 0 aliphatic carbocycles. The molecule has 6 nitrogen and oxygen atoms in total. The maximum Gasteiger partial charge on any atom is 0.289 e. The number of hydrogen-bond acceptors (Lipinski definition) is 4. The van der Waals surface area contributed by atoms with Crippen molar-refractivity contribution in [1.82, 2.24) is 19.9 Å². The largest absolute Gasteiger partial charge is 0.497 e. The van der Waals surface area contributed by atoms with Crippen molar-refractivity contribution in [1.29, 1.82) is 0 Å². The molecule has 168 valence electrons. The molecule has 0 bridgehead atoms. The van der Waals surface area contributed by atoms with E-state index in [-0.39, 0.29) is 23.5 Å². The first-order chi connectivity index (χ1) is 16.0. The Morgan fingerprint density at radius 1 is 1.09 bits per heavy atom. The van der Waals surface area contributed by atoms with E-state index in [0.29, 0.717) is 24.1 Å². The number of ether oxygens (including phenoxy) is 1. The number of H-pyrrole nitrogens is 1. The first kappa shape index (κ1) is 21.1. The highest BCUT2D eigenvalue weighted by Gasteiger charge is 2.28. The van der Waals surface area contributed by atoms with Gasteiger partial charge in [-0.25, -0.2) is 9.37 Å². The van der Waals surface area contributed by atoms with Gasteiger partial charge in [0.15, 0.2) is 5.82 Å². The van der Waals surface area contributed by atoms with E-state index in [0.717, 1.165) is 41.1 Å². The summed E-state index contributed by atoms with van der Waals surface area (Å²) in [5.74, 6) is 0.675. The minimum Gasteiger partial charge on any atom is -0.497 e. The molecule has 1 fully saturated rings. The number of benzene rings is 2. The van der Waals surface area contributed by atoms with Gasteiger partial charge in [0, 0.05) is 30.4 Å². The lowest BCUT2D eigenvalue weighted by atomic mass is 9.92. The molecule has 7 heteroatoms. The number of methoxy groups -OCH3 is 1. The second-order valence-electron chi connectivity index (χ2n) is 8.49. The third kappa shape index (κ3) is 4.31. The lowest BCUT2D eigenvalue weighted by Gasteiger charge is -2.32. The third-order valence-electron chi connectivity index (χ3n) is 6.17. The first-order valence-corrected chi connectivity index (χ1v) is 11.1. The number of carbonyl (C=O) groups is 1. The van der Waals surface area contributed by atoms with Crippen LogP contribution < -0.4 is 4.74 Å². The molecule has 0 radical (unpaired) electrons. The van der Waals surface area contributed by atoms with Crippen LogP contribution in [-0.4, -0.2) is 46.0 Å². The van der Waals surface area contributed by atoms with Gasteiger partial charge in [-0.15, -0.1) is 0 Å². The number of piperidine rings is 1. The average molecular weight is 445 g/mol. The number of aromatic amines is 1. The number of nitrogens with zero attached hydrogens (tertiary/aromatic N) is 3. The van der Waals surface area contributed by atoms with Crippen molar-refractivity contribution in [2.24, 2.45) is 0 Å². The van der Waals surface area contributed by atoms with Gasteiger partial charge in [-0.1, -0.05) is 12.1 Å². The van der Waals surface area contributed by atoms with Crippen LogP contribution in [0.1, 0.15) is 40.8 Å². The van der Waals surface area contributed by atoms with E-state index in [1.54, 1.807) is 13.2 Å². The second kappa shape index (κ2) is 8.65. The monoisotopic (exact) mass is 444 g/mol. The Bertz CT molecular complexity index is 1320. The number of hydrogen-bond donors (Lipinski definition) is 1. The number of nitrogens with one attached hydrogen (secondary N) is 1. The van der Waals surface area contributed by atoms with Gasteiger partial charge in [-0.2, -0.15) is 0 Å². The summed E-state index contributed by atoms with van der Waals surface area (Å²) in [6.45, 7) is 3.23. The fraction of sp³-hybridized carbons (Fsp3) is 0.269. The van der Waals surface area contributed by atoms with Crippen molar-refractivity contribution in [2.45, 2.75) is 25.7 Å². The summed E-state index contributed by atoms with van der Waals surface area (Å²) in [6.07, 6.45) is 1.85. The van der Waals surface area contributed by atoms with E-state index in [1.165, 1.54) is 12.1 Å². The minimum atomic E-state index is -0.360. The van der Waals surface area contributed by atoms with E-state index < -0.39 is 0 Å². The van der Waals surface area contributed by atoms with Crippen LogP contribution in [0.5, 0.6) is 5.75 Å². The molecule has 1 aliphatic rings. The van der Waals surface area contributed by atoms with Gasteiger partial charge in [-0.3, -0.25) is 9.78 Å². The Morgan fingerprint density at radius 2 is 1.91 bits per heavy atom. The van der Waals surface area contributed by atoms with Crippen molar-refractivity contribution in [2.75, 3.05) is 20.2 Å². The summed E-state index contributed by atoms with van der Waals surface area (Å²) in [5.41, 5.74) is 5.24. The van der Waals surface area contributed by atoms with Crippen LogP contribution >= 0.6 is 0 Å². The molecule has 0 unspecified atom stereocenters. The van der Waals surface area contributed by atoms with Gasteiger partial charge in [0.05, 0.1) is 18.1 Å². The molecular weight excluding hydrogens is 419 g/mol. The van der Waals surface area contributed by atoms with Crippen molar-refractivity contribution >= 4 is 16.9 Å². The highest BCUT2D eigenvalue weighted by Crippen LogP contribution is 2.31. The topological polar surface area (TPSA) is 71.1 Å². The Morgan fingerprint density at radius 3 is 2.70 bits per heavy atom. The van der Waals surface area contributed by atoms with E-state index in [2.05, 4.69) is 22.1 Å². The smallest absolute Gasteiger partial charge is 0.289 e. The molecule has 1 N–H and O–H groups in total. The Balaban J connectivity index is 1.38. The molecule has 2 aromatic heterocycles. The SMILES string of the molecule is COc1ccc(-c2cc(C)nc([C@H]3CCCN(C(=O)c4nc5ccc(F)cc5[nH]4)C3)c2)cc1. The third-order valence-corrected chi connectivity index (χ3v) is 6.17. The number of rotatable bonds is 4. The average Bonchev–Trinajstić information content (AvgIpc) is 3.26. The van der Waals surface area contributed by atoms with Crippen LogP contribution in [0.25, 0.3) is 22.2 Å². The second-order valence-corrected chi connectivity index (χ2v) is 8.49. The van der Waals surface area contributed by atoms with Gasteiger partial charge in [0.1, 0.15) is 11.6 Å². The van der Waals surface area contributed by atoms with Crippen molar-refractivity contribution in [3.8, 4) is 16.9 Å². The quantitative estimate of drug-likeness (QED) is 0.475. The van der Waals surface area contributed by atoms with Gasteiger partial charge in [0.2, 0.25) is 0 Å². The fourth-order valence-corrected chi connectivity index (χ4v) is 4.49. The van der Waals surface area contributed by atoms with Crippen LogP contribution in [0.3, 0.4) is 0 Å². The highest BCUT2D eigenvalue weighted by atomic mass is 19.1. The molecular formula is C26H25FN4O2. The van der Waals surface area contributed by atoms with E-state index in [9.17, 15) is 9.18 Å². The van der Waals surface area contributed by atoms with E-state index >= 15 is 0 Å². The molecule has 33 heavy (non-hydrogen) atoms. The van der Waals surface area contributed by atoms with Crippen LogP contribution in [-0.2, 0) is 0 Å².